The number of hydrogen-bond donors (Lipinski definition) is 1. The van der Waals surface area contributed by atoms with Crippen LogP contribution >= 0.6 is 0 Å². The van der Waals surface area contributed by atoms with Gasteiger partial charge >= 0.3 is 5.97 Å². The normalized spacial score (nSPS) is 16.4. The fourth-order valence-corrected chi connectivity index (χ4v) is 3.26. The molecule has 0 spiro atoms. The van der Waals surface area contributed by atoms with Crippen molar-refractivity contribution < 1.29 is 24.3 Å². The lowest BCUT2D eigenvalue weighted by Gasteiger charge is -2.26. The number of hydrogen-bond acceptors (Lipinski definition) is 4. The van der Waals surface area contributed by atoms with Gasteiger partial charge in [0.2, 0.25) is 11.8 Å². The van der Waals surface area contributed by atoms with Crippen molar-refractivity contribution in [3.8, 4) is 0 Å². The third-order valence-corrected chi connectivity index (χ3v) is 4.65. The Morgan fingerprint density at radius 3 is 2.24 bits per heavy atom. The highest BCUT2D eigenvalue weighted by Crippen LogP contribution is 2.26. The highest BCUT2D eigenvalue weighted by Gasteiger charge is 2.43. The van der Waals surface area contributed by atoms with Gasteiger partial charge in [-0.3, -0.25) is 14.4 Å². The highest BCUT2D eigenvalue weighted by atomic mass is 16.4. The predicted molar refractivity (Wildman–Crippen MR) is 106 cm³/mol. The van der Waals surface area contributed by atoms with Crippen molar-refractivity contribution in [1.82, 2.24) is 4.90 Å². The number of amides is 3. The summed E-state index contributed by atoms with van der Waals surface area (Å²) >= 11 is 0. The van der Waals surface area contributed by atoms with E-state index in [0.717, 1.165) is 22.6 Å². The van der Waals surface area contributed by atoms with Crippen molar-refractivity contribution in [2.45, 2.75) is 18.9 Å². The first-order chi connectivity index (χ1) is 14.0. The van der Waals surface area contributed by atoms with Crippen LogP contribution in [0.2, 0.25) is 0 Å². The lowest BCUT2D eigenvalue weighted by molar-refractivity contribution is -0.135. The van der Waals surface area contributed by atoms with E-state index in [0.29, 0.717) is 12.1 Å². The maximum atomic E-state index is 13.0. The molecule has 0 unspecified atom stereocenters. The van der Waals surface area contributed by atoms with Crippen LogP contribution in [0.5, 0.6) is 0 Å². The van der Waals surface area contributed by atoms with Crippen molar-refractivity contribution >= 4 is 29.4 Å². The summed E-state index contributed by atoms with van der Waals surface area (Å²) in [6, 6.07) is 16.9. The monoisotopic (exact) mass is 392 g/mol. The first-order valence-electron chi connectivity index (χ1n) is 9.15. The molecule has 148 valence electrons. The minimum atomic E-state index is -1.26. The maximum Gasteiger partial charge on any atom is 0.328 e. The average Bonchev–Trinajstić information content (AvgIpc) is 3.02. The first kappa shape index (κ1) is 20.0. The van der Waals surface area contributed by atoms with Gasteiger partial charge in [0, 0.05) is 18.7 Å². The Kier molecular flexibility index (Phi) is 6.19. The second kappa shape index (κ2) is 8.97. The summed E-state index contributed by atoms with van der Waals surface area (Å²) in [5.74, 6) is -2.78. The van der Waals surface area contributed by atoms with Crippen LogP contribution in [0.25, 0.3) is 0 Å². The second-order valence-electron chi connectivity index (χ2n) is 6.56. The minimum absolute atomic E-state index is 0.144. The van der Waals surface area contributed by atoms with Crippen molar-refractivity contribution in [2.75, 3.05) is 11.4 Å². The number of aliphatic carboxylic acids is 1. The number of carbonyl (C=O) groups excluding carboxylic acids is 3. The van der Waals surface area contributed by atoms with Crippen LogP contribution in [-0.2, 0) is 25.6 Å². The Morgan fingerprint density at radius 1 is 1.00 bits per heavy atom. The number of carboxylic acid groups (broad SMARTS) is 1. The van der Waals surface area contributed by atoms with Crippen molar-refractivity contribution in [3.05, 3.63) is 78.4 Å². The Balaban J connectivity index is 1.84. The molecule has 0 aliphatic carbocycles. The van der Waals surface area contributed by atoms with E-state index in [4.69, 9.17) is 5.11 Å². The molecule has 3 rings (SSSR count). The van der Waals surface area contributed by atoms with E-state index in [1.165, 1.54) is 4.90 Å². The quantitative estimate of drug-likeness (QED) is 0.575. The zero-order chi connectivity index (χ0) is 20.8. The van der Waals surface area contributed by atoms with Gasteiger partial charge in [0.1, 0.15) is 6.04 Å². The largest absolute Gasteiger partial charge is 0.478 e. The number of benzene rings is 2. The van der Waals surface area contributed by atoms with Crippen molar-refractivity contribution in [1.29, 1.82) is 0 Å². The third kappa shape index (κ3) is 4.76. The smallest absolute Gasteiger partial charge is 0.328 e. The molecule has 0 aromatic heterocycles. The lowest BCUT2D eigenvalue weighted by Crippen LogP contribution is -2.45. The Hall–Kier alpha value is -3.74. The number of anilines is 1. The summed E-state index contributed by atoms with van der Waals surface area (Å²) in [6.07, 6.45) is 1.97. The number of nitrogens with zero attached hydrogens (tertiary/aromatic N) is 2. The van der Waals surface area contributed by atoms with Crippen LogP contribution in [0.15, 0.2) is 72.8 Å². The standard InChI is InChI=1S/C22H20N2O5/c25-19(11-12-21(27)28)23(14-13-16-7-3-1-4-8-16)18-15-20(26)24(22(18)29)17-9-5-2-6-10-17/h1-12,18H,13-15H2,(H,27,28)/b12-11-/t18-/m0/s1. The van der Waals surface area contributed by atoms with Crippen LogP contribution in [0.4, 0.5) is 5.69 Å². The summed E-state index contributed by atoms with van der Waals surface area (Å²) in [5.41, 5.74) is 1.41. The van der Waals surface area contributed by atoms with Gasteiger partial charge in [0.15, 0.2) is 0 Å². The molecule has 1 fully saturated rings. The van der Waals surface area contributed by atoms with Gasteiger partial charge in [-0.2, -0.15) is 0 Å². The molecule has 0 bridgehead atoms. The topological polar surface area (TPSA) is 95.0 Å². The minimum Gasteiger partial charge on any atom is -0.478 e. The maximum absolute atomic E-state index is 13.0. The third-order valence-electron chi connectivity index (χ3n) is 4.65. The zero-order valence-corrected chi connectivity index (χ0v) is 15.6. The molecule has 1 saturated heterocycles. The summed E-state index contributed by atoms with van der Waals surface area (Å²) in [5, 5.41) is 8.82. The predicted octanol–water partition coefficient (Wildman–Crippen LogP) is 2.03. The van der Waals surface area contributed by atoms with Crippen LogP contribution in [0.3, 0.4) is 0 Å². The molecule has 1 atom stereocenters. The van der Waals surface area contributed by atoms with E-state index >= 15 is 0 Å². The summed E-state index contributed by atoms with van der Waals surface area (Å²) in [6.45, 7) is 0.180. The van der Waals surface area contributed by atoms with Gasteiger partial charge in [-0.05, 0) is 24.1 Å². The first-order valence-corrected chi connectivity index (χ1v) is 9.15. The second-order valence-corrected chi connectivity index (χ2v) is 6.56. The number of para-hydroxylation sites is 1. The molecular weight excluding hydrogens is 372 g/mol. The Bertz CT molecular complexity index is 940. The summed E-state index contributed by atoms with van der Waals surface area (Å²) in [4.78, 5) is 51.3. The zero-order valence-electron chi connectivity index (χ0n) is 15.6. The Labute approximate surface area is 167 Å². The number of imide groups is 1. The molecule has 0 radical (unpaired) electrons. The van der Waals surface area contributed by atoms with Crippen molar-refractivity contribution in [3.63, 3.8) is 0 Å². The van der Waals surface area contributed by atoms with E-state index in [9.17, 15) is 19.2 Å². The molecule has 29 heavy (non-hydrogen) atoms. The molecule has 2 aromatic rings. The fraction of sp³-hybridized carbons (Fsp3) is 0.182. The molecule has 3 amide bonds. The van der Waals surface area contributed by atoms with Crippen LogP contribution in [0, 0.1) is 0 Å². The van der Waals surface area contributed by atoms with E-state index in [1.807, 2.05) is 30.3 Å². The summed E-state index contributed by atoms with van der Waals surface area (Å²) in [7, 11) is 0. The molecule has 7 nitrogen and oxygen atoms in total. The Morgan fingerprint density at radius 2 is 1.62 bits per heavy atom. The van der Waals surface area contributed by atoms with Crippen LogP contribution in [-0.4, -0.2) is 46.3 Å². The molecule has 1 aliphatic heterocycles. The molecular formula is C22H20N2O5. The van der Waals surface area contributed by atoms with Crippen LogP contribution < -0.4 is 4.90 Å². The van der Waals surface area contributed by atoms with E-state index in [2.05, 4.69) is 0 Å². The van der Waals surface area contributed by atoms with E-state index in [-0.39, 0.29) is 13.0 Å². The van der Waals surface area contributed by atoms with Gasteiger partial charge in [-0.15, -0.1) is 0 Å². The average molecular weight is 392 g/mol. The van der Waals surface area contributed by atoms with Gasteiger partial charge < -0.3 is 10.0 Å². The van der Waals surface area contributed by atoms with Crippen LogP contribution in [0.1, 0.15) is 12.0 Å². The number of carboxylic acids is 1. The number of carbonyl (C=O) groups is 4. The van der Waals surface area contributed by atoms with Gasteiger partial charge in [-0.1, -0.05) is 48.5 Å². The van der Waals surface area contributed by atoms with E-state index in [1.54, 1.807) is 30.3 Å². The van der Waals surface area contributed by atoms with Crippen molar-refractivity contribution in [2.24, 2.45) is 0 Å². The SMILES string of the molecule is O=C(O)/C=C\C(=O)N(CCc1ccccc1)[C@H]1CC(=O)N(c2ccccc2)C1=O. The highest BCUT2D eigenvalue weighted by molar-refractivity contribution is 6.23. The van der Waals surface area contributed by atoms with Gasteiger partial charge in [-0.25, -0.2) is 9.69 Å². The van der Waals surface area contributed by atoms with E-state index < -0.39 is 29.7 Å². The molecule has 2 aromatic carbocycles. The molecule has 0 saturated carbocycles. The molecule has 1 heterocycles. The van der Waals surface area contributed by atoms with Gasteiger partial charge in [0.25, 0.3) is 5.91 Å². The number of rotatable bonds is 7. The summed E-state index contributed by atoms with van der Waals surface area (Å²) < 4.78 is 0. The molecule has 1 N–H and O–H groups in total. The molecule has 7 heteroatoms. The van der Waals surface area contributed by atoms with Gasteiger partial charge in [0.05, 0.1) is 12.1 Å². The fourth-order valence-electron chi connectivity index (χ4n) is 3.26. The molecule has 1 aliphatic rings. The lowest BCUT2D eigenvalue weighted by atomic mass is 10.1.